The normalized spacial score (nSPS) is 8.45. The predicted molar refractivity (Wildman–Crippen MR) is 95.9 cm³/mol. The molecule has 0 radical (unpaired) electrons. The van der Waals surface area contributed by atoms with Crippen LogP contribution >= 0.6 is 0 Å². The topological polar surface area (TPSA) is 38.7 Å². The molecular weight excluding hydrogens is 270 g/mol. The molecule has 0 N–H and O–H groups in total. The lowest BCUT2D eigenvalue weighted by Crippen LogP contribution is -1.80. The third-order valence-electron chi connectivity index (χ3n) is 2.43. The Morgan fingerprint density at radius 3 is 1.95 bits per heavy atom. The number of aromatic nitrogens is 3. The number of hydrogen-bond donors (Lipinski definition) is 0. The lowest BCUT2D eigenvalue weighted by atomic mass is 10.2. The summed E-state index contributed by atoms with van der Waals surface area (Å²) in [6, 6.07) is 12.3. The van der Waals surface area contributed by atoms with Crippen molar-refractivity contribution in [1.82, 2.24) is 15.0 Å². The molecule has 0 aliphatic rings. The quantitative estimate of drug-likeness (QED) is 0.559. The maximum Gasteiger partial charge on any atom is 0.0705 e. The van der Waals surface area contributed by atoms with E-state index < -0.39 is 0 Å². The molecule has 3 aromatic rings. The van der Waals surface area contributed by atoms with Gasteiger partial charge in [0, 0.05) is 29.7 Å². The van der Waals surface area contributed by atoms with E-state index in [9.17, 15) is 0 Å². The summed E-state index contributed by atoms with van der Waals surface area (Å²) >= 11 is 0. The van der Waals surface area contributed by atoms with Gasteiger partial charge >= 0.3 is 0 Å². The molecule has 2 aromatic heterocycles. The molecule has 22 heavy (non-hydrogen) atoms. The first-order chi connectivity index (χ1) is 10.8. The standard InChI is InChI=1S/C10H9N.C5H6N2.2C2H6/c1-8-6-7-9-4-2-3-5-10(9)11-8;1-5-4-6-2-3-7-5;2*1-2/h2-7H,1H3;2-4H,1H3;2*1-2H3. The van der Waals surface area contributed by atoms with Gasteiger partial charge in [-0.2, -0.15) is 0 Å². The summed E-state index contributed by atoms with van der Waals surface area (Å²) in [6.07, 6.45) is 5.06. The average Bonchev–Trinajstić information content (AvgIpc) is 2.60. The number of hydrogen-bond acceptors (Lipinski definition) is 3. The van der Waals surface area contributed by atoms with Gasteiger partial charge in [-0.25, -0.2) is 0 Å². The van der Waals surface area contributed by atoms with Crippen molar-refractivity contribution in [3.8, 4) is 0 Å². The second kappa shape index (κ2) is 12.5. The Bertz CT molecular complexity index is 622. The number of benzene rings is 1. The molecule has 0 bridgehead atoms. The Morgan fingerprint density at radius 1 is 0.727 bits per heavy atom. The summed E-state index contributed by atoms with van der Waals surface area (Å²) in [5.41, 5.74) is 3.11. The minimum atomic E-state index is 0.961. The highest BCUT2D eigenvalue weighted by Crippen LogP contribution is 2.10. The number of para-hydroxylation sites is 1. The van der Waals surface area contributed by atoms with Crippen molar-refractivity contribution in [2.45, 2.75) is 41.5 Å². The molecule has 0 atom stereocenters. The minimum absolute atomic E-state index is 0.961. The molecule has 3 nitrogen and oxygen atoms in total. The van der Waals surface area contributed by atoms with Crippen LogP contribution in [-0.4, -0.2) is 15.0 Å². The highest BCUT2D eigenvalue weighted by atomic mass is 14.7. The number of rotatable bonds is 0. The fraction of sp³-hybridized carbons (Fsp3) is 0.316. The van der Waals surface area contributed by atoms with Crippen molar-refractivity contribution in [3.05, 3.63) is 66.4 Å². The van der Waals surface area contributed by atoms with E-state index in [1.807, 2.05) is 65.8 Å². The Balaban J connectivity index is 0.000000348. The smallest absolute Gasteiger partial charge is 0.0705 e. The van der Waals surface area contributed by atoms with Gasteiger partial charge in [-0.15, -0.1) is 0 Å². The molecule has 0 unspecified atom stereocenters. The van der Waals surface area contributed by atoms with E-state index in [1.54, 1.807) is 18.6 Å². The molecule has 0 fully saturated rings. The lowest BCUT2D eigenvalue weighted by molar-refractivity contribution is 1.12. The van der Waals surface area contributed by atoms with E-state index >= 15 is 0 Å². The fourth-order valence-corrected chi connectivity index (χ4v) is 1.54. The third-order valence-corrected chi connectivity index (χ3v) is 2.43. The van der Waals surface area contributed by atoms with Gasteiger partial charge in [0.15, 0.2) is 0 Å². The first-order valence-electron chi connectivity index (χ1n) is 7.81. The van der Waals surface area contributed by atoms with Gasteiger partial charge in [0.1, 0.15) is 0 Å². The number of fused-ring (bicyclic) bond motifs is 1. The highest BCUT2D eigenvalue weighted by molar-refractivity contribution is 5.78. The fourth-order valence-electron chi connectivity index (χ4n) is 1.54. The Hall–Kier alpha value is -2.29. The first-order valence-corrected chi connectivity index (χ1v) is 7.81. The van der Waals surface area contributed by atoms with Crippen LogP contribution in [-0.2, 0) is 0 Å². The van der Waals surface area contributed by atoms with E-state index in [-0.39, 0.29) is 0 Å². The number of aryl methyl sites for hydroxylation is 2. The van der Waals surface area contributed by atoms with Gasteiger partial charge in [0.05, 0.1) is 11.2 Å². The summed E-state index contributed by atoms with van der Waals surface area (Å²) in [7, 11) is 0. The summed E-state index contributed by atoms with van der Waals surface area (Å²) < 4.78 is 0. The summed E-state index contributed by atoms with van der Waals surface area (Å²) in [5, 5.41) is 1.21. The monoisotopic (exact) mass is 297 g/mol. The maximum absolute atomic E-state index is 4.38. The second-order valence-corrected chi connectivity index (χ2v) is 3.99. The highest BCUT2D eigenvalue weighted by Gasteiger charge is 1.91. The van der Waals surface area contributed by atoms with E-state index in [0.29, 0.717) is 0 Å². The van der Waals surface area contributed by atoms with Crippen LogP contribution in [0.4, 0.5) is 0 Å². The van der Waals surface area contributed by atoms with Crippen LogP contribution in [0.2, 0.25) is 0 Å². The zero-order valence-electron chi connectivity index (χ0n) is 14.5. The van der Waals surface area contributed by atoms with Crippen molar-refractivity contribution in [3.63, 3.8) is 0 Å². The van der Waals surface area contributed by atoms with E-state index in [2.05, 4.69) is 27.1 Å². The molecule has 0 aliphatic heterocycles. The van der Waals surface area contributed by atoms with E-state index in [1.165, 1.54) is 5.39 Å². The Morgan fingerprint density at radius 2 is 1.41 bits per heavy atom. The van der Waals surface area contributed by atoms with Crippen LogP contribution in [0, 0.1) is 13.8 Å². The Labute approximate surface area is 134 Å². The van der Waals surface area contributed by atoms with Crippen molar-refractivity contribution in [2.24, 2.45) is 0 Å². The van der Waals surface area contributed by atoms with Gasteiger partial charge in [0.25, 0.3) is 0 Å². The van der Waals surface area contributed by atoms with Gasteiger partial charge in [-0.05, 0) is 26.0 Å². The number of pyridine rings is 1. The van der Waals surface area contributed by atoms with Gasteiger partial charge < -0.3 is 0 Å². The molecule has 118 valence electrons. The second-order valence-electron chi connectivity index (χ2n) is 3.99. The number of nitrogens with zero attached hydrogens (tertiary/aromatic N) is 3. The van der Waals surface area contributed by atoms with Crippen LogP contribution < -0.4 is 0 Å². The Kier molecular flexibility index (Phi) is 11.2. The molecular formula is C19H27N3. The third kappa shape index (κ3) is 7.48. The zero-order valence-corrected chi connectivity index (χ0v) is 14.5. The molecule has 1 aromatic carbocycles. The largest absolute Gasteiger partial charge is 0.261 e. The lowest BCUT2D eigenvalue weighted by Gasteiger charge is -1.95. The van der Waals surface area contributed by atoms with Crippen molar-refractivity contribution in [1.29, 1.82) is 0 Å². The van der Waals surface area contributed by atoms with Gasteiger partial charge in [-0.3, -0.25) is 15.0 Å². The average molecular weight is 297 g/mol. The van der Waals surface area contributed by atoms with Crippen LogP contribution in [0.3, 0.4) is 0 Å². The van der Waals surface area contributed by atoms with Crippen LogP contribution in [0.1, 0.15) is 39.1 Å². The van der Waals surface area contributed by atoms with Crippen LogP contribution in [0.15, 0.2) is 55.0 Å². The molecule has 0 aliphatic carbocycles. The summed E-state index contributed by atoms with van der Waals surface area (Å²) in [6.45, 7) is 11.9. The molecule has 2 heterocycles. The van der Waals surface area contributed by atoms with E-state index in [4.69, 9.17) is 0 Å². The molecule has 3 heteroatoms. The van der Waals surface area contributed by atoms with Crippen LogP contribution in [0.25, 0.3) is 10.9 Å². The summed E-state index contributed by atoms with van der Waals surface area (Å²) in [4.78, 5) is 12.1. The molecule has 3 rings (SSSR count). The zero-order chi connectivity index (χ0) is 16.8. The first kappa shape index (κ1) is 19.7. The minimum Gasteiger partial charge on any atom is -0.261 e. The molecule has 0 spiro atoms. The SMILES string of the molecule is CC.CC.Cc1ccc2ccccc2n1.Cc1cnccn1. The molecule has 0 saturated heterocycles. The predicted octanol–water partition coefficient (Wildman–Crippen LogP) is 5.38. The summed E-state index contributed by atoms with van der Waals surface area (Å²) in [5.74, 6) is 0. The van der Waals surface area contributed by atoms with Gasteiger partial charge in [-0.1, -0.05) is 52.0 Å². The van der Waals surface area contributed by atoms with Crippen molar-refractivity contribution >= 4 is 10.9 Å². The van der Waals surface area contributed by atoms with Gasteiger partial charge in [0.2, 0.25) is 0 Å². The maximum atomic E-state index is 4.38. The van der Waals surface area contributed by atoms with E-state index in [0.717, 1.165) is 16.9 Å². The molecule has 0 saturated carbocycles. The molecule has 0 amide bonds. The van der Waals surface area contributed by atoms with Crippen molar-refractivity contribution < 1.29 is 0 Å². The van der Waals surface area contributed by atoms with Crippen LogP contribution in [0.5, 0.6) is 0 Å². The van der Waals surface area contributed by atoms with Crippen molar-refractivity contribution in [2.75, 3.05) is 0 Å².